The zero-order valence-electron chi connectivity index (χ0n) is 12.4. The summed E-state index contributed by atoms with van der Waals surface area (Å²) in [6, 6.07) is 6.15. The van der Waals surface area contributed by atoms with E-state index in [4.69, 9.17) is 0 Å². The number of nitrogens with zero attached hydrogens (tertiary/aromatic N) is 2. The SMILES string of the molecule is Cc1ccc(C)n1-c1ccsc1C(=O)N1CCC(O)CC1. The largest absolute Gasteiger partial charge is 0.393 e. The van der Waals surface area contributed by atoms with E-state index >= 15 is 0 Å². The van der Waals surface area contributed by atoms with E-state index in [-0.39, 0.29) is 12.0 Å². The number of aliphatic hydroxyl groups excluding tert-OH is 1. The van der Waals surface area contributed by atoms with E-state index in [1.54, 1.807) is 0 Å². The van der Waals surface area contributed by atoms with Gasteiger partial charge in [0.25, 0.3) is 5.91 Å². The van der Waals surface area contributed by atoms with Gasteiger partial charge in [-0.25, -0.2) is 0 Å². The van der Waals surface area contributed by atoms with Gasteiger partial charge in [0.05, 0.1) is 11.8 Å². The van der Waals surface area contributed by atoms with Crippen LogP contribution in [0.1, 0.15) is 33.9 Å². The molecule has 5 heteroatoms. The van der Waals surface area contributed by atoms with Gasteiger partial charge >= 0.3 is 0 Å². The molecule has 0 spiro atoms. The van der Waals surface area contributed by atoms with Crippen LogP contribution in [-0.4, -0.2) is 39.7 Å². The van der Waals surface area contributed by atoms with Crippen molar-refractivity contribution in [1.82, 2.24) is 9.47 Å². The molecule has 1 saturated heterocycles. The molecule has 21 heavy (non-hydrogen) atoms. The Hall–Kier alpha value is -1.59. The first-order chi connectivity index (χ1) is 10.1. The minimum atomic E-state index is -0.259. The van der Waals surface area contributed by atoms with E-state index in [9.17, 15) is 9.90 Å². The van der Waals surface area contributed by atoms with Gasteiger partial charge in [-0.05, 0) is 50.3 Å². The molecule has 0 aliphatic carbocycles. The van der Waals surface area contributed by atoms with Crippen molar-refractivity contribution in [3.63, 3.8) is 0 Å². The summed E-state index contributed by atoms with van der Waals surface area (Å²) in [5.41, 5.74) is 3.24. The van der Waals surface area contributed by atoms with Crippen LogP contribution in [0.4, 0.5) is 0 Å². The van der Waals surface area contributed by atoms with Gasteiger partial charge in [-0.3, -0.25) is 4.79 Å². The van der Waals surface area contributed by atoms with Crippen molar-refractivity contribution in [3.8, 4) is 5.69 Å². The van der Waals surface area contributed by atoms with Crippen molar-refractivity contribution >= 4 is 17.2 Å². The van der Waals surface area contributed by atoms with Crippen LogP contribution < -0.4 is 0 Å². The molecule has 0 atom stereocenters. The summed E-state index contributed by atoms with van der Waals surface area (Å²) in [5, 5.41) is 11.5. The van der Waals surface area contributed by atoms with Gasteiger partial charge in [0.2, 0.25) is 0 Å². The molecule has 1 amide bonds. The molecule has 4 nitrogen and oxygen atoms in total. The summed E-state index contributed by atoms with van der Waals surface area (Å²) in [6.07, 6.45) is 1.09. The van der Waals surface area contributed by atoms with Crippen LogP contribution in [0.2, 0.25) is 0 Å². The third-order valence-electron chi connectivity index (χ3n) is 4.10. The highest BCUT2D eigenvalue weighted by Gasteiger charge is 2.25. The van der Waals surface area contributed by atoms with Gasteiger partial charge in [0.1, 0.15) is 4.88 Å². The Morgan fingerprint density at radius 2 is 1.81 bits per heavy atom. The molecule has 1 fully saturated rings. The quantitative estimate of drug-likeness (QED) is 0.927. The third-order valence-corrected chi connectivity index (χ3v) is 4.99. The Bertz CT molecular complexity index is 632. The van der Waals surface area contributed by atoms with Crippen LogP contribution in [0.15, 0.2) is 23.6 Å². The number of amides is 1. The van der Waals surface area contributed by atoms with Gasteiger partial charge in [0.15, 0.2) is 0 Å². The van der Waals surface area contributed by atoms with Crippen LogP contribution in [0.3, 0.4) is 0 Å². The molecule has 1 aliphatic heterocycles. The number of carbonyl (C=O) groups excluding carboxylic acids is 1. The summed E-state index contributed by atoms with van der Waals surface area (Å²) >= 11 is 1.49. The Labute approximate surface area is 128 Å². The number of hydrogen-bond acceptors (Lipinski definition) is 3. The first kappa shape index (κ1) is 14.4. The summed E-state index contributed by atoms with van der Waals surface area (Å²) in [6.45, 7) is 5.38. The topological polar surface area (TPSA) is 45.5 Å². The van der Waals surface area contributed by atoms with Crippen LogP contribution in [-0.2, 0) is 0 Å². The smallest absolute Gasteiger partial charge is 0.266 e. The average molecular weight is 304 g/mol. The lowest BCUT2D eigenvalue weighted by Crippen LogP contribution is -2.40. The normalized spacial score (nSPS) is 16.4. The molecule has 2 aromatic heterocycles. The molecule has 0 saturated carbocycles. The molecule has 3 rings (SSSR count). The summed E-state index contributed by atoms with van der Waals surface area (Å²) in [5.74, 6) is 0.0828. The van der Waals surface area contributed by atoms with E-state index < -0.39 is 0 Å². The maximum atomic E-state index is 12.7. The van der Waals surface area contributed by atoms with Crippen molar-refractivity contribution in [3.05, 3.63) is 39.8 Å². The zero-order valence-corrected chi connectivity index (χ0v) is 13.2. The number of likely N-dealkylation sites (tertiary alicyclic amines) is 1. The Morgan fingerprint density at radius 3 is 2.43 bits per heavy atom. The Kier molecular flexibility index (Phi) is 3.87. The summed E-state index contributed by atoms with van der Waals surface area (Å²) < 4.78 is 2.13. The van der Waals surface area contributed by atoms with Crippen LogP contribution in [0.5, 0.6) is 0 Å². The molecule has 0 bridgehead atoms. The second kappa shape index (κ2) is 5.66. The predicted molar refractivity (Wildman–Crippen MR) is 84.3 cm³/mol. The number of aryl methyl sites for hydroxylation is 2. The molecule has 2 aromatic rings. The number of rotatable bonds is 2. The minimum Gasteiger partial charge on any atom is -0.393 e. The fourth-order valence-corrected chi connectivity index (χ4v) is 3.74. The molecule has 112 valence electrons. The van der Waals surface area contributed by atoms with Gasteiger partial charge in [-0.15, -0.1) is 11.3 Å². The molecule has 1 aliphatic rings. The lowest BCUT2D eigenvalue weighted by Gasteiger charge is -2.29. The molecular formula is C16H20N2O2S. The van der Waals surface area contributed by atoms with Gasteiger partial charge < -0.3 is 14.6 Å². The number of carbonyl (C=O) groups is 1. The van der Waals surface area contributed by atoms with Gasteiger partial charge in [-0.1, -0.05) is 0 Å². The maximum absolute atomic E-state index is 12.7. The minimum absolute atomic E-state index is 0.0828. The molecule has 0 unspecified atom stereocenters. The first-order valence-electron chi connectivity index (χ1n) is 7.28. The van der Waals surface area contributed by atoms with Crippen LogP contribution in [0.25, 0.3) is 5.69 Å². The molecule has 1 N–H and O–H groups in total. The van der Waals surface area contributed by atoms with Crippen molar-refractivity contribution < 1.29 is 9.90 Å². The summed E-state index contributed by atoms with van der Waals surface area (Å²) in [7, 11) is 0. The van der Waals surface area contributed by atoms with Gasteiger partial charge in [0, 0.05) is 24.5 Å². The lowest BCUT2D eigenvalue weighted by atomic mass is 10.1. The Morgan fingerprint density at radius 1 is 1.19 bits per heavy atom. The second-order valence-electron chi connectivity index (χ2n) is 5.61. The van der Waals surface area contributed by atoms with Gasteiger partial charge in [-0.2, -0.15) is 0 Å². The van der Waals surface area contributed by atoms with E-state index in [2.05, 4.69) is 30.5 Å². The standard InChI is InChI=1S/C16H20N2O2S/c1-11-3-4-12(2)18(11)14-7-10-21-15(14)16(20)17-8-5-13(19)6-9-17/h3-4,7,10,13,19H,5-6,8-9H2,1-2H3. The van der Waals surface area contributed by atoms with E-state index in [1.807, 2.05) is 16.3 Å². The summed E-state index contributed by atoms with van der Waals surface area (Å²) in [4.78, 5) is 15.4. The van der Waals surface area contributed by atoms with Crippen molar-refractivity contribution in [1.29, 1.82) is 0 Å². The number of aliphatic hydroxyl groups is 1. The number of piperidine rings is 1. The second-order valence-corrected chi connectivity index (χ2v) is 6.53. The molecule has 3 heterocycles. The highest BCUT2D eigenvalue weighted by molar-refractivity contribution is 7.12. The third kappa shape index (κ3) is 2.63. The molecular weight excluding hydrogens is 284 g/mol. The fourth-order valence-electron chi connectivity index (χ4n) is 2.90. The van der Waals surface area contributed by atoms with E-state index in [0.29, 0.717) is 25.9 Å². The van der Waals surface area contributed by atoms with E-state index in [0.717, 1.165) is 22.0 Å². The molecule has 0 aromatic carbocycles. The highest BCUT2D eigenvalue weighted by Crippen LogP contribution is 2.27. The van der Waals surface area contributed by atoms with E-state index in [1.165, 1.54) is 11.3 Å². The van der Waals surface area contributed by atoms with Crippen molar-refractivity contribution in [2.75, 3.05) is 13.1 Å². The average Bonchev–Trinajstić information content (AvgIpc) is 3.06. The monoisotopic (exact) mass is 304 g/mol. The first-order valence-corrected chi connectivity index (χ1v) is 8.16. The van der Waals surface area contributed by atoms with Crippen LogP contribution in [0, 0.1) is 13.8 Å². The predicted octanol–water partition coefficient (Wildman–Crippen LogP) is 2.75. The molecule has 0 radical (unpaired) electrons. The fraction of sp³-hybridized carbons (Fsp3) is 0.438. The highest BCUT2D eigenvalue weighted by atomic mass is 32.1. The maximum Gasteiger partial charge on any atom is 0.266 e. The Balaban J connectivity index is 1.91. The van der Waals surface area contributed by atoms with Crippen molar-refractivity contribution in [2.45, 2.75) is 32.8 Å². The zero-order chi connectivity index (χ0) is 15.0. The number of thiophene rings is 1. The number of aromatic nitrogens is 1. The van der Waals surface area contributed by atoms with Crippen LogP contribution >= 0.6 is 11.3 Å². The lowest BCUT2D eigenvalue weighted by molar-refractivity contribution is 0.0551. The number of hydrogen-bond donors (Lipinski definition) is 1. The van der Waals surface area contributed by atoms with Crippen molar-refractivity contribution in [2.24, 2.45) is 0 Å².